The average Bonchev–Trinajstić information content (AvgIpc) is 2.17. The van der Waals surface area contributed by atoms with Gasteiger partial charge < -0.3 is 10.6 Å². The van der Waals surface area contributed by atoms with Crippen molar-refractivity contribution in [1.29, 1.82) is 0 Å². The van der Waals surface area contributed by atoms with E-state index in [9.17, 15) is 0 Å². The Morgan fingerprint density at radius 3 is 2.93 bits per heavy atom. The van der Waals surface area contributed by atoms with Gasteiger partial charge in [0.05, 0.1) is 15.7 Å². The lowest BCUT2D eigenvalue weighted by Crippen LogP contribution is -1.96. The van der Waals surface area contributed by atoms with Crippen LogP contribution in [0.5, 0.6) is 5.75 Å². The summed E-state index contributed by atoms with van der Waals surface area (Å²) in [6.45, 7) is 0.169. The topological polar surface area (TPSA) is 47.6 Å². The van der Waals surface area contributed by atoms with Crippen molar-refractivity contribution in [3.8, 4) is 18.1 Å². The first-order chi connectivity index (χ1) is 7.19. The van der Waals surface area contributed by atoms with Crippen LogP contribution in [0.15, 0.2) is 21.7 Å². The molecule has 0 spiro atoms. The van der Waals surface area contributed by atoms with Crippen LogP contribution in [0.4, 0.5) is 0 Å². The number of benzene rings is 1. The average molecular weight is 288 g/mol. The fraction of sp³-hybridized carbons (Fsp3) is 0.100. The molecule has 0 aromatic heterocycles. The molecule has 0 saturated carbocycles. The number of halogens is 2. The number of terminal acetylenes is 1. The molecule has 0 saturated heterocycles. The molecule has 0 unspecified atom stereocenters. The quantitative estimate of drug-likeness (QED) is 0.402. The predicted octanol–water partition coefficient (Wildman–Crippen LogP) is 2.41. The maximum atomic E-state index is 5.98. The summed E-state index contributed by atoms with van der Waals surface area (Å²) in [5.74, 6) is 7.91. The first-order valence-corrected chi connectivity index (χ1v) is 5.14. The number of ether oxygens (including phenoxy) is 1. The summed E-state index contributed by atoms with van der Waals surface area (Å²) >= 11 is 9.30. The lowest BCUT2D eigenvalue weighted by atomic mass is 10.2. The molecule has 3 nitrogen and oxygen atoms in total. The number of hydrazone groups is 1. The minimum atomic E-state index is 0.169. The molecule has 0 bridgehead atoms. The Bertz CT molecular complexity index is 403. The van der Waals surface area contributed by atoms with Gasteiger partial charge in [0.1, 0.15) is 6.61 Å². The zero-order valence-corrected chi connectivity index (χ0v) is 10.0. The first kappa shape index (κ1) is 11.9. The molecule has 0 aliphatic rings. The molecule has 2 N–H and O–H groups in total. The van der Waals surface area contributed by atoms with Gasteiger partial charge in [-0.3, -0.25) is 0 Å². The Balaban J connectivity index is 3.05. The second-order valence-corrected chi connectivity index (χ2v) is 3.85. The van der Waals surface area contributed by atoms with Gasteiger partial charge in [-0.05, 0) is 33.6 Å². The molecule has 0 radical (unpaired) electrons. The molecule has 0 aliphatic carbocycles. The van der Waals surface area contributed by atoms with E-state index in [2.05, 4.69) is 27.0 Å². The fourth-order valence-electron chi connectivity index (χ4n) is 0.992. The second kappa shape index (κ2) is 5.64. The Morgan fingerprint density at radius 1 is 1.67 bits per heavy atom. The van der Waals surface area contributed by atoms with E-state index in [-0.39, 0.29) is 6.61 Å². The largest absolute Gasteiger partial charge is 0.478 e. The second-order valence-electron chi connectivity index (χ2n) is 2.58. The summed E-state index contributed by atoms with van der Waals surface area (Å²) in [6.07, 6.45) is 6.57. The van der Waals surface area contributed by atoms with Gasteiger partial charge in [-0.15, -0.1) is 6.42 Å². The standard InChI is InChI=1S/C10H8BrClN2O/c1-2-3-15-10-8(11)4-7(6-14-13)5-9(10)12/h1,4-6H,3,13H2. The van der Waals surface area contributed by atoms with Gasteiger partial charge in [0.25, 0.3) is 0 Å². The minimum Gasteiger partial charge on any atom is -0.478 e. The van der Waals surface area contributed by atoms with Gasteiger partial charge in [-0.25, -0.2) is 0 Å². The van der Waals surface area contributed by atoms with Crippen molar-refractivity contribution in [2.24, 2.45) is 10.9 Å². The summed E-state index contributed by atoms with van der Waals surface area (Å²) in [5.41, 5.74) is 0.780. The van der Waals surface area contributed by atoms with E-state index in [0.717, 1.165) is 5.56 Å². The summed E-state index contributed by atoms with van der Waals surface area (Å²) in [7, 11) is 0. The monoisotopic (exact) mass is 286 g/mol. The highest BCUT2D eigenvalue weighted by Crippen LogP contribution is 2.33. The smallest absolute Gasteiger partial charge is 0.153 e. The van der Waals surface area contributed by atoms with Crippen molar-refractivity contribution in [2.75, 3.05) is 6.61 Å². The molecule has 0 heterocycles. The van der Waals surface area contributed by atoms with Crippen LogP contribution in [0.3, 0.4) is 0 Å². The molecule has 5 heteroatoms. The van der Waals surface area contributed by atoms with Crippen molar-refractivity contribution in [1.82, 2.24) is 0 Å². The molecule has 0 fully saturated rings. The lowest BCUT2D eigenvalue weighted by Gasteiger charge is -2.08. The third-order valence-corrected chi connectivity index (χ3v) is 2.41. The normalized spacial score (nSPS) is 10.2. The van der Waals surface area contributed by atoms with Crippen LogP contribution in [0.25, 0.3) is 0 Å². The predicted molar refractivity (Wildman–Crippen MR) is 65.3 cm³/mol. The number of hydrogen-bond donors (Lipinski definition) is 1. The van der Waals surface area contributed by atoms with Crippen molar-refractivity contribution < 1.29 is 4.74 Å². The summed E-state index contributed by atoms with van der Waals surface area (Å²) < 4.78 is 5.97. The van der Waals surface area contributed by atoms with Crippen molar-refractivity contribution in [2.45, 2.75) is 0 Å². The Hall–Kier alpha value is -1.18. The zero-order chi connectivity index (χ0) is 11.3. The highest BCUT2D eigenvalue weighted by atomic mass is 79.9. The lowest BCUT2D eigenvalue weighted by molar-refractivity contribution is 0.368. The molecule has 1 rings (SSSR count). The minimum absolute atomic E-state index is 0.169. The van der Waals surface area contributed by atoms with E-state index in [1.807, 2.05) is 0 Å². The van der Waals surface area contributed by atoms with Crippen LogP contribution in [0.1, 0.15) is 5.56 Å². The molecule has 0 aliphatic heterocycles. The fourth-order valence-corrected chi connectivity index (χ4v) is 1.98. The van der Waals surface area contributed by atoms with E-state index < -0.39 is 0 Å². The van der Waals surface area contributed by atoms with E-state index in [1.54, 1.807) is 12.1 Å². The van der Waals surface area contributed by atoms with Gasteiger partial charge in [0, 0.05) is 0 Å². The van der Waals surface area contributed by atoms with Crippen molar-refractivity contribution in [3.63, 3.8) is 0 Å². The molecular weight excluding hydrogens is 279 g/mol. The van der Waals surface area contributed by atoms with Crippen LogP contribution in [-0.4, -0.2) is 12.8 Å². The van der Waals surface area contributed by atoms with Crippen molar-refractivity contribution >= 4 is 33.7 Å². The summed E-state index contributed by atoms with van der Waals surface area (Å²) in [5, 5.41) is 3.86. The maximum absolute atomic E-state index is 5.98. The molecule has 15 heavy (non-hydrogen) atoms. The Kier molecular flexibility index (Phi) is 4.47. The molecule has 1 aromatic carbocycles. The Labute approximate surface area is 101 Å². The van der Waals surface area contributed by atoms with E-state index in [1.165, 1.54) is 6.21 Å². The number of nitrogens with zero attached hydrogens (tertiary/aromatic N) is 1. The van der Waals surface area contributed by atoms with Gasteiger partial charge >= 0.3 is 0 Å². The summed E-state index contributed by atoms with van der Waals surface area (Å²) in [6, 6.07) is 3.47. The molecule has 78 valence electrons. The van der Waals surface area contributed by atoms with Crippen molar-refractivity contribution in [3.05, 3.63) is 27.2 Å². The zero-order valence-electron chi connectivity index (χ0n) is 7.71. The number of hydrogen-bond acceptors (Lipinski definition) is 3. The van der Waals surface area contributed by atoms with E-state index >= 15 is 0 Å². The molecule has 0 amide bonds. The molecular formula is C10H8BrClN2O. The van der Waals surface area contributed by atoms with E-state index in [4.69, 9.17) is 28.6 Å². The molecule has 0 atom stereocenters. The Morgan fingerprint density at radius 2 is 2.40 bits per heavy atom. The van der Waals surface area contributed by atoms with Gasteiger partial charge in [-0.1, -0.05) is 17.5 Å². The van der Waals surface area contributed by atoms with Crippen LogP contribution in [0, 0.1) is 12.3 Å². The third-order valence-electron chi connectivity index (χ3n) is 1.54. The van der Waals surface area contributed by atoms with Gasteiger partial charge in [0.2, 0.25) is 0 Å². The van der Waals surface area contributed by atoms with Crippen LogP contribution < -0.4 is 10.6 Å². The highest BCUT2D eigenvalue weighted by molar-refractivity contribution is 9.10. The maximum Gasteiger partial charge on any atom is 0.153 e. The van der Waals surface area contributed by atoms with Crippen LogP contribution >= 0.6 is 27.5 Å². The SMILES string of the molecule is C#CCOc1c(Cl)cc(C=NN)cc1Br. The van der Waals surface area contributed by atoms with Crippen LogP contribution in [-0.2, 0) is 0 Å². The molecule has 1 aromatic rings. The number of rotatable bonds is 3. The van der Waals surface area contributed by atoms with Gasteiger partial charge in [-0.2, -0.15) is 5.10 Å². The van der Waals surface area contributed by atoms with E-state index in [0.29, 0.717) is 15.2 Å². The number of nitrogens with two attached hydrogens (primary N) is 1. The van der Waals surface area contributed by atoms with Gasteiger partial charge in [0.15, 0.2) is 5.75 Å². The highest BCUT2D eigenvalue weighted by Gasteiger charge is 2.07. The van der Waals surface area contributed by atoms with Crippen LogP contribution in [0.2, 0.25) is 5.02 Å². The summed E-state index contributed by atoms with van der Waals surface area (Å²) in [4.78, 5) is 0. The third kappa shape index (κ3) is 3.15. The first-order valence-electron chi connectivity index (χ1n) is 3.97.